The van der Waals surface area contributed by atoms with Crippen molar-refractivity contribution in [3.8, 4) is 6.07 Å². The highest BCUT2D eigenvalue weighted by Gasteiger charge is 2.33. The third-order valence-electron chi connectivity index (χ3n) is 5.55. The number of rotatable bonds is 7. The SMILES string of the molecule is CCC(CC)COC(=O)[C@@H](C#N)c1nc2ccccc2nc1N1C[C@@H](C)O[C@H](C)C1. The molecule has 0 spiro atoms. The van der Waals surface area contributed by atoms with E-state index in [0.29, 0.717) is 36.7 Å². The summed E-state index contributed by atoms with van der Waals surface area (Å²) < 4.78 is 11.4. The minimum absolute atomic E-state index is 0.0113. The van der Waals surface area contributed by atoms with Crippen molar-refractivity contribution in [1.29, 1.82) is 5.26 Å². The number of ether oxygens (including phenoxy) is 2. The van der Waals surface area contributed by atoms with Gasteiger partial charge >= 0.3 is 5.97 Å². The Morgan fingerprint density at radius 2 is 1.80 bits per heavy atom. The summed E-state index contributed by atoms with van der Waals surface area (Å²) in [6.45, 7) is 9.68. The van der Waals surface area contributed by atoms with Crippen LogP contribution in [0.2, 0.25) is 0 Å². The number of hydrogen-bond donors (Lipinski definition) is 0. The summed E-state index contributed by atoms with van der Waals surface area (Å²) in [6.07, 6.45) is 1.87. The molecule has 1 aromatic carbocycles. The van der Waals surface area contributed by atoms with E-state index >= 15 is 0 Å². The summed E-state index contributed by atoms with van der Waals surface area (Å²) in [6, 6.07) is 9.60. The number of esters is 1. The normalized spacial score (nSPS) is 20.2. The fourth-order valence-electron chi connectivity index (χ4n) is 3.81. The second kappa shape index (κ2) is 9.86. The lowest BCUT2D eigenvalue weighted by Gasteiger charge is -2.37. The molecule has 1 fully saturated rings. The minimum atomic E-state index is -1.13. The van der Waals surface area contributed by atoms with E-state index in [9.17, 15) is 10.1 Å². The van der Waals surface area contributed by atoms with Crippen LogP contribution < -0.4 is 4.90 Å². The summed E-state index contributed by atoms with van der Waals surface area (Å²) in [5, 5.41) is 9.87. The zero-order chi connectivity index (χ0) is 21.7. The van der Waals surface area contributed by atoms with Gasteiger partial charge in [0.2, 0.25) is 0 Å². The van der Waals surface area contributed by atoms with E-state index in [1.54, 1.807) is 0 Å². The number of carbonyl (C=O) groups excluding carboxylic acids is 1. The number of hydrogen-bond acceptors (Lipinski definition) is 7. The Kier molecular flexibility index (Phi) is 7.22. The van der Waals surface area contributed by atoms with Crippen molar-refractivity contribution >= 4 is 22.8 Å². The molecule has 7 heteroatoms. The minimum Gasteiger partial charge on any atom is -0.464 e. The molecular weight excluding hydrogens is 380 g/mol. The number of morpholine rings is 1. The molecule has 7 nitrogen and oxygen atoms in total. The van der Waals surface area contributed by atoms with Crippen LogP contribution in [0.15, 0.2) is 24.3 Å². The summed E-state index contributed by atoms with van der Waals surface area (Å²) in [4.78, 5) is 24.4. The van der Waals surface area contributed by atoms with Crippen molar-refractivity contribution in [1.82, 2.24) is 9.97 Å². The maximum Gasteiger partial charge on any atom is 0.329 e. The van der Waals surface area contributed by atoms with Crippen molar-refractivity contribution in [2.45, 2.75) is 58.7 Å². The smallest absolute Gasteiger partial charge is 0.329 e. The first kappa shape index (κ1) is 22.0. The molecule has 1 saturated heterocycles. The first-order valence-electron chi connectivity index (χ1n) is 10.7. The molecule has 2 heterocycles. The lowest BCUT2D eigenvalue weighted by molar-refractivity contribution is -0.145. The molecule has 2 aromatic rings. The molecule has 160 valence electrons. The highest BCUT2D eigenvalue weighted by molar-refractivity contribution is 5.85. The topological polar surface area (TPSA) is 88.3 Å². The van der Waals surface area contributed by atoms with Gasteiger partial charge in [0, 0.05) is 13.1 Å². The van der Waals surface area contributed by atoms with Crippen LogP contribution in [0.25, 0.3) is 11.0 Å². The molecule has 3 rings (SSSR count). The summed E-state index contributed by atoms with van der Waals surface area (Å²) in [7, 11) is 0. The molecule has 1 aromatic heterocycles. The van der Waals surface area contributed by atoms with E-state index < -0.39 is 11.9 Å². The molecule has 0 saturated carbocycles. The standard InChI is InChI=1S/C23H30N4O3/c1-5-17(6-2)14-29-23(28)18(11-24)21-22(27-12-15(3)30-16(4)13-27)26-20-10-8-7-9-19(20)25-21/h7-10,15-18H,5-6,12-14H2,1-4H3/t15-,16-,18+/m1/s1. The van der Waals surface area contributed by atoms with Crippen LogP contribution >= 0.6 is 0 Å². The second-order valence-electron chi connectivity index (χ2n) is 7.96. The van der Waals surface area contributed by atoms with Crippen molar-refractivity contribution in [3.63, 3.8) is 0 Å². The van der Waals surface area contributed by atoms with Crippen LogP contribution in [0, 0.1) is 17.2 Å². The molecule has 0 N–H and O–H groups in total. The lowest BCUT2D eigenvalue weighted by atomic mass is 10.0. The summed E-state index contributed by atoms with van der Waals surface area (Å²) >= 11 is 0. The predicted molar refractivity (Wildman–Crippen MR) is 115 cm³/mol. The number of para-hydroxylation sites is 2. The van der Waals surface area contributed by atoms with E-state index in [1.165, 1.54) is 0 Å². The monoisotopic (exact) mass is 410 g/mol. The number of anilines is 1. The van der Waals surface area contributed by atoms with E-state index in [0.717, 1.165) is 18.4 Å². The zero-order valence-corrected chi connectivity index (χ0v) is 18.2. The quantitative estimate of drug-likeness (QED) is 0.641. The van der Waals surface area contributed by atoms with Gasteiger partial charge in [-0.1, -0.05) is 38.8 Å². The van der Waals surface area contributed by atoms with Crippen molar-refractivity contribution in [3.05, 3.63) is 30.0 Å². The van der Waals surface area contributed by atoms with Crippen LogP contribution in [-0.4, -0.2) is 47.8 Å². The van der Waals surface area contributed by atoms with Crippen molar-refractivity contribution in [2.75, 3.05) is 24.6 Å². The molecule has 0 radical (unpaired) electrons. The van der Waals surface area contributed by atoms with E-state index in [4.69, 9.17) is 19.4 Å². The Labute approximate surface area is 178 Å². The Morgan fingerprint density at radius 1 is 1.20 bits per heavy atom. The Hall–Kier alpha value is -2.72. The van der Waals surface area contributed by atoms with Gasteiger partial charge in [-0.05, 0) is 31.9 Å². The molecule has 0 unspecified atom stereocenters. The van der Waals surface area contributed by atoms with Gasteiger partial charge in [0.25, 0.3) is 0 Å². The molecular formula is C23H30N4O3. The number of nitriles is 1. The summed E-state index contributed by atoms with van der Waals surface area (Å²) in [5.41, 5.74) is 1.73. The average molecular weight is 411 g/mol. The van der Waals surface area contributed by atoms with Crippen LogP contribution in [0.1, 0.15) is 52.1 Å². The van der Waals surface area contributed by atoms with Crippen LogP contribution in [0.5, 0.6) is 0 Å². The maximum absolute atomic E-state index is 12.9. The molecule has 0 aliphatic carbocycles. The number of nitrogens with zero attached hydrogens (tertiary/aromatic N) is 4. The van der Waals surface area contributed by atoms with Gasteiger partial charge in [-0.3, -0.25) is 4.79 Å². The molecule has 30 heavy (non-hydrogen) atoms. The fraction of sp³-hybridized carbons (Fsp3) is 0.565. The van der Waals surface area contributed by atoms with Gasteiger partial charge in [0.05, 0.1) is 35.9 Å². The Bertz CT molecular complexity index is 912. The molecule has 0 bridgehead atoms. The summed E-state index contributed by atoms with van der Waals surface area (Å²) in [5.74, 6) is -0.845. The lowest BCUT2D eigenvalue weighted by Crippen LogP contribution is -2.46. The Balaban J connectivity index is 1.99. The van der Waals surface area contributed by atoms with Gasteiger partial charge in [-0.2, -0.15) is 5.26 Å². The fourth-order valence-corrected chi connectivity index (χ4v) is 3.81. The van der Waals surface area contributed by atoms with Crippen LogP contribution in [-0.2, 0) is 14.3 Å². The first-order chi connectivity index (χ1) is 14.5. The number of aromatic nitrogens is 2. The maximum atomic E-state index is 12.9. The highest BCUT2D eigenvalue weighted by atomic mass is 16.5. The average Bonchev–Trinajstić information content (AvgIpc) is 2.73. The molecule has 1 aliphatic heterocycles. The number of fused-ring (bicyclic) bond motifs is 1. The van der Waals surface area contributed by atoms with Gasteiger partial charge in [-0.25, -0.2) is 9.97 Å². The number of benzene rings is 1. The molecule has 1 aliphatic rings. The van der Waals surface area contributed by atoms with Crippen molar-refractivity contribution < 1.29 is 14.3 Å². The van der Waals surface area contributed by atoms with E-state index in [2.05, 4.69) is 24.8 Å². The van der Waals surface area contributed by atoms with Gasteiger partial charge in [0.15, 0.2) is 11.7 Å². The predicted octanol–water partition coefficient (Wildman–Crippen LogP) is 3.83. The van der Waals surface area contributed by atoms with Crippen LogP contribution in [0.3, 0.4) is 0 Å². The first-order valence-corrected chi connectivity index (χ1v) is 10.7. The largest absolute Gasteiger partial charge is 0.464 e. The second-order valence-corrected chi connectivity index (χ2v) is 7.96. The van der Waals surface area contributed by atoms with Gasteiger partial charge in [0.1, 0.15) is 5.69 Å². The third-order valence-corrected chi connectivity index (χ3v) is 5.55. The third kappa shape index (κ3) is 4.88. The molecule has 0 amide bonds. The zero-order valence-electron chi connectivity index (χ0n) is 18.2. The van der Waals surface area contributed by atoms with Gasteiger partial charge < -0.3 is 14.4 Å². The Morgan fingerprint density at radius 3 is 2.37 bits per heavy atom. The van der Waals surface area contributed by atoms with E-state index in [-0.39, 0.29) is 18.1 Å². The molecule has 3 atom stereocenters. The van der Waals surface area contributed by atoms with Gasteiger partial charge in [-0.15, -0.1) is 0 Å². The van der Waals surface area contributed by atoms with E-state index in [1.807, 2.05) is 38.1 Å². The highest BCUT2D eigenvalue weighted by Crippen LogP contribution is 2.30. The van der Waals surface area contributed by atoms with Crippen LogP contribution in [0.4, 0.5) is 5.82 Å². The number of carbonyl (C=O) groups is 1. The van der Waals surface area contributed by atoms with Crippen molar-refractivity contribution in [2.24, 2.45) is 5.92 Å².